The Morgan fingerprint density at radius 2 is 2.37 bits per heavy atom. The summed E-state index contributed by atoms with van der Waals surface area (Å²) < 4.78 is 0. The normalized spacial score (nSPS) is 23.5. The van der Waals surface area contributed by atoms with E-state index in [9.17, 15) is 4.79 Å². The van der Waals surface area contributed by atoms with Crippen molar-refractivity contribution in [3.05, 3.63) is 21.9 Å². The highest BCUT2D eigenvalue weighted by Crippen LogP contribution is 2.47. The minimum atomic E-state index is 0.00350. The number of carbonyl (C=O) groups excluding carboxylic acids is 1. The Bertz CT molecular complexity index is 464. The average Bonchev–Trinajstić information content (AvgIpc) is 3.05. The van der Waals surface area contributed by atoms with Gasteiger partial charge in [0.2, 0.25) is 0 Å². The van der Waals surface area contributed by atoms with Crippen LogP contribution in [0.5, 0.6) is 0 Å². The van der Waals surface area contributed by atoms with E-state index < -0.39 is 0 Å². The third kappa shape index (κ3) is 2.78. The van der Waals surface area contributed by atoms with E-state index in [2.05, 4.69) is 29.0 Å². The quantitative estimate of drug-likeness (QED) is 0.868. The van der Waals surface area contributed by atoms with Crippen LogP contribution in [0.1, 0.15) is 55.5 Å². The number of nitrogens with one attached hydrogen (secondary N) is 2. The van der Waals surface area contributed by atoms with E-state index in [1.807, 2.05) is 11.3 Å². The summed E-state index contributed by atoms with van der Waals surface area (Å²) in [5, 5.41) is 8.34. The zero-order chi connectivity index (χ0) is 13.3. The van der Waals surface area contributed by atoms with Gasteiger partial charge < -0.3 is 10.6 Å². The summed E-state index contributed by atoms with van der Waals surface area (Å²) in [5.74, 6) is 0. The minimum Gasteiger partial charge on any atom is -0.338 e. The molecule has 0 saturated heterocycles. The SMILES string of the molecule is CCC1(CNC(=O)NC2CCCc3sccc32)CC1. The Kier molecular flexibility index (Phi) is 3.52. The van der Waals surface area contributed by atoms with Gasteiger partial charge in [0.05, 0.1) is 6.04 Å². The molecule has 1 saturated carbocycles. The first-order chi connectivity index (χ1) is 9.22. The smallest absolute Gasteiger partial charge is 0.315 e. The number of rotatable bonds is 4. The van der Waals surface area contributed by atoms with Crippen LogP contribution in [-0.2, 0) is 6.42 Å². The Morgan fingerprint density at radius 3 is 3.11 bits per heavy atom. The van der Waals surface area contributed by atoms with Gasteiger partial charge in [-0.3, -0.25) is 0 Å². The molecule has 1 heterocycles. The second-order valence-electron chi connectivity index (χ2n) is 5.92. The van der Waals surface area contributed by atoms with E-state index in [0.29, 0.717) is 5.41 Å². The summed E-state index contributed by atoms with van der Waals surface area (Å²) in [5.41, 5.74) is 1.75. The predicted molar refractivity (Wildman–Crippen MR) is 78.5 cm³/mol. The van der Waals surface area contributed by atoms with Crippen LogP contribution in [0.3, 0.4) is 0 Å². The van der Waals surface area contributed by atoms with Crippen LogP contribution in [-0.4, -0.2) is 12.6 Å². The molecular formula is C15H22N2OS. The number of thiophene rings is 1. The van der Waals surface area contributed by atoms with E-state index >= 15 is 0 Å². The molecule has 19 heavy (non-hydrogen) atoms. The predicted octanol–water partition coefficient (Wildman–Crippen LogP) is 3.61. The van der Waals surface area contributed by atoms with Crippen LogP contribution in [0.4, 0.5) is 4.79 Å². The zero-order valence-corrected chi connectivity index (χ0v) is 12.3. The van der Waals surface area contributed by atoms with Gasteiger partial charge in [0.25, 0.3) is 0 Å². The van der Waals surface area contributed by atoms with Crippen LogP contribution in [0.2, 0.25) is 0 Å². The van der Waals surface area contributed by atoms with Gasteiger partial charge >= 0.3 is 6.03 Å². The fourth-order valence-electron chi connectivity index (χ4n) is 2.95. The molecule has 2 amide bonds. The molecule has 3 nitrogen and oxygen atoms in total. The van der Waals surface area contributed by atoms with Gasteiger partial charge in [-0.1, -0.05) is 6.92 Å². The van der Waals surface area contributed by atoms with Gasteiger partial charge in [-0.05, 0) is 60.9 Å². The maximum atomic E-state index is 12.0. The largest absolute Gasteiger partial charge is 0.338 e. The van der Waals surface area contributed by atoms with Crippen LogP contribution in [0.15, 0.2) is 11.4 Å². The standard InChI is InChI=1S/C15H22N2OS/c1-2-15(7-8-15)10-16-14(18)17-12-4-3-5-13-11(12)6-9-19-13/h6,9,12H,2-5,7-8,10H2,1H3,(H2,16,17,18). The molecule has 0 aromatic carbocycles. The van der Waals surface area contributed by atoms with Crippen molar-refractivity contribution in [2.24, 2.45) is 5.41 Å². The van der Waals surface area contributed by atoms with Crippen molar-refractivity contribution in [2.45, 2.75) is 51.5 Å². The van der Waals surface area contributed by atoms with Gasteiger partial charge in [-0.2, -0.15) is 0 Å². The second kappa shape index (κ2) is 5.16. The summed E-state index contributed by atoms with van der Waals surface area (Å²) >= 11 is 1.82. The molecule has 1 aromatic heterocycles. The molecule has 0 spiro atoms. The lowest BCUT2D eigenvalue weighted by Crippen LogP contribution is -2.41. The van der Waals surface area contributed by atoms with Gasteiger partial charge in [-0.25, -0.2) is 4.79 Å². The number of urea groups is 1. The number of aryl methyl sites for hydroxylation is 1. The molecule has 1 aromatic rings. The number of amides is 2. The van der Waals surface area contributed by atoms with Crippen LogP contribution in [0, 0.1) is 5.41 Å². The van der Waals surface area contributed by atoms with Crippen molar-refractivity contribution >= 4 is 17.4 Å². The van der Waals surface area contributed by atoms with Gasteiger partial charge in [0.15, 0.2) is 0 Å². The Balaban J connectivity index is 1.53. The maximum absolute atomic E-state index is 12.0. The van der Waals surface area contributed by atoms with Crippen molar-refractivity contribution in [1.29, 1.82) is 0 Å². The first kappa shape index (κ1) is 13.0. The zero-order valence-electron chi connectivity index (χ0n) is 11.5. The highest BCUT2D eigenvalue weighted by molar-refractivity contribution is 7.10. The summed E-state index contributed by atoms with van der Waals surface area (Å²) in [6.07, 6.45) is 7.12. The van der Waals surface area contributed by atoms with Crippen LogP contribution in [0.25, 0.3) is 0 Å². The first-order valence-electron chi connectivity index (χ1n) is 7.33. The van der Waals surface area contributed by atoms with Gasteiger partial charge in [0.1, 0.15) is 0 Å². The van der Waals surface area contributed by atoms with Gasteiger partial charge in [0, 0.05) is 11.4 Å². The molecule has 0 radical (unpaired) electrons. The number of fused-ring (bicyclic) bond motifs is 1. The fourth-order valence-corrected chi connectivity index (χ4v) is 3.93. The van der Waals surface area contributed by atoms with Crippen molar-refractivity contribution in [1.82, 2.24) is 10.6 Å². The monoisotopic (exact) mass is 278 g/mol. The Hall–Kier alpha value is -1.03. The number of carbonyl (C=O) groups is 1. The molecule has 0 aliphatic heterocycles. The van der Waals surface area contributed by atoms with E-state index in [-0.39, 0.29) is 12.1 Å². The lowest BCUT2D eigenvalue weighted by Gasteiger charge is -2.24. The maximum Gasteiger partial charge on any atom is 0.315 e. The van der Waals surface area contributed by atoms with E-state index in [4.69, 9.17) is 0 Å². The molecule has 1 unspecified atom stereocenters. The van der Waals surface area contributed by atoms with E-state index in [1.54, 1.807) is 0 Å². The highest BCUT2D eigenvalue weighted by Gasteiger charge is 2.40. The number of hydrogen-bond donors (Lipinski definition) is 2. The van der Waals surface area contributed by atoms with Crippen molar-refractivity contribution in [3.63, 3.8) is 0 Å². The average molecular weight is 278 g/mol. The van der Waals surface area contributed by atoms with Crippen molar-refractivity contribution < 1.29 is 4.79 Å². The molecule has 2 N–H and O–H groups in total. The molecule has 0 bridgehead atoms. The van der Waals surface area contributed by atoms with E-state index in [1.165, 1.54) is 42.5 Å². The summed E-state index contributed by atoms with van der Waals surface area (Å²) in [7, 11) is 0. The summed E-state index contributed by atoms with van der Waals surface area (Å²) in [6.45, 7) is 3.05. The summed E-state index contributed by atoms with van der Waals surface area (Å²) in [4.78, 5) is 13.5. The van der Waals surface area contributed by atoms with Crippen molar-refractivity contribution in [3.8, 4) is 0 Å². The molecule has 1 fully saturated rings. The lowest BCUT2D eigenvalue weighted by atomic mass is 9.94. The van der Waals surface area contributed by atoms with Crippen LogP contribution < -0.4 is 10.6 Å². The Morgan fingerprint density at radius 1 is 1.53 bits per heavy atom. The number of hydrogen-bond acceptors (Lipinski definition) is 2. The molecule has 3 rings (SSSR count). The van der Waals surface area contributed by atoms with Crippen molar-refractivity contribution in [2.75, 3.05) is 6.54 Å². The van der Waals surface area contributed by atoms with Gasteiger partial charge in [-0.15, -0.1) is 11.3 Å². The third-order valence-corrected chi connectivity index (χ3v) is 5.68. The first-order valence-corrected chi connectivity index (χ1v) is 8.21. The molecule has 104 valence electrons. The highest BCUT2D eigenvalue weighted by atomic mass is 32.1. The lowest BCUT2D eigenvalue weighted by molar-refractivity contribution is 0.232. The Labute approximate surface area is 118 Å². The molecule has 1 atom stereocenters. The topological polar surface area (TPSA) is 41.1 Å². The minimum absolute atomic E-state index is 0.00350. The molecule has 2 aliphatic carbocycles. The summed E-state index contributed by atoms with van der Waals surface area (Å²) in [6, 6.07) is 2.38. The van der Waals surface area contributed by atoms with Crippen LogP contribution >= 0.6 is 11.3 Å². The molecule has 2 aliphatic rings. The fraction of sp³-hybridized carbons (Fsp3) is 0.667. The molecular weight excluding hydrogens is 256 g/mol. The third-order valence-electron chi connectivity index (χ3n) is 4.69. The second-order valence-corrected chi connectivity index (χ2v) is 6.93. The van der Waals surface area contributed by atoms with E-state index in [0.717, 1.165) is 13.0 Å². The molecule has 4 heteroatoms.